The molecular weight excluding hydrogens is 525 g/mol. The van der Waals surface area contributed by atoms with E-state index in [1.165, 1.54) is 23.1 Å². The van der Waals surface area contributed by atoms with Crippen molar-refractivity contribution in [2.45, 2.75) is 4.90 Å². The molecule has 4 aromatic rings. The molecule has 0 spiro atoms. The predicted molar refractivity (Wildman–Crippen MR) is 144 cm³/mol. The van der Waals surface area contributed by atoms with Crippen LogP contribution in [0.1, 0.15) is 10.4 Å². The fourth-order valence-corrected chi connectivity index (χ4v) is 5.05. The van der Waals surface area contributed by atoms with Crippen molar-refractivity contribution in [2.24, 2.45) is 0 Å². The van der Waals surface area contributed by atoms with Gasteiger partial charge in [0, 0.05) is 32.1 Å². The summed E-state index contributed by atoms with van der Waals surface area (Å²) in [7, 11) is 1.57. The van der Waals surface area contributed by atoms with Crippen molar-refractivity contribution in [3.63, 3.8) is 0 Å². The van der Waals surface area contributed by atoms with Gasteiger partial charge < -0.3 is 15.4 Å². The zero-order chi connectivity index (χ0) is 24.8. The van der Waals surface area contributed by atoms with E-state index in [0.29, 0.717) is 37.9 Å². The zero-order valence-corrected chi connectivity index (χ0v) is 21.5. The van der Waals surface area contributed by atoms with Gasteiger partial charge in [0.1, 0.15) is 5.75 Å². The average molecular weight is 544 g/mol. The molecule has 1 aromatic heterocycles. The van der Waals surface area contributed by atoms with Crippen LogP contribution in [0.15, 0.2) is 77.0 Å². The van der Waals surface area contributed by atoms with E-state index in [1.54, 1.807) is 55.6 Å². The summed E-state index contributed by atoms with van der Waals surface area (Å²) in [5, 5.41) is 9.03. The van der Waals surface area contributed by atoms with E-state index in [-0.39, 0.29) is 17.6 Å². The third-order valence-corrected chi connectivity index (χ3v) is 7.07. The third kappa shape index (κ3) is 6.76. The van der Waals surface area contributed by atoms with Crippen LogP contribution in [0.25, 0.3) is 11.3 Å². The normalized spacial score (nSPS) is 10.6. The van der Waals surface area contributed by atoms with Gasteiger partial charge in [0.25, 0.3) is 5.91 Å². The minimum atomic E-state index is -0.229. The molecule has 0 fully saturated rings. The highest BCUT2D eigenvalue weighted by Gasteiger charge is 2.12. The summed E-state index contributed by atoms with van der Waals surface area (Å²) < 4.78 is 5.12. The lowest BCUT2D eigenvalue weighted by molar-refractivity contribution is -0.113. The number of nitrogens with zero attached hydrogens (tertiary/aromatic N) is 1. The van der Waals surface area contributed by atoms with Crippen LogP contribution in [0.4, 0.5) is 10.8 Å². The Morgan fingerprint density at radius 2 is 1.83 bits per heavy atom. The van der Waals surface area contributed by atoms with Crippen LogP contribution in [0, 0.1) is 0 Å². The molecule has 6 nitrogen and oxygen atoms in total. The number of hydrogen-bond acceptors (Lipinski definition) is 6. The average Bonchev–Trinajstić information content (AvgIpc) is 3.31. The van der Waals surface area contributed by atoms with E-state index in [4.69, 9.17) is 27.9 Å². The predicted octanol–water partition coefficient (Wildman–Crippen LogP) is 7.11. The number of methoxy groups -OCH3 is 1. The first-order chi connectivity index (χ1) is 16.9. The van der Waals surface area contributed by atoms with E-state index in [1.807, 2.05) is 23.6 Å². The number of thiazole rings is 1. The molecule has 178 valence electrons. The second kappa shape index (κ2) is 11.6. The Labute approximate surface area is 220 Å². The van der Waals surface area contributed by atoms with Gasteiger partial charge in [-0.2, -0.15) is 0 Å². The molecule has 2 amide bonds. The maximum absolute atomic E-state index is 12.5. The van der Waals surface area contributed by atoms with Gasteiger partial charge in [0.05, 0.1) is 23.6 Å². The van der Waals surface area contributed by atoms with Crippen LogP contribution >= 0.6 is 46.3 Å². The Hall–Kier alpha value is -3.04. The highest BCUT2D eigenvalue weighted by molar-refractivity contribution is 8.00. The largest absolute Gasteiger partial charge is 0.497 e. The number of ether oxygens (including phenoxy) is 1. The lowest BCUT2D eigenvalue weighted by Crippen LogP contribution is -2.14. The second-order valence-corrected chi connectivity index (χ2v) is 9.96. The maximum Gasteiger partial charge on any atom is 0.255 e. The number of nitrogens with one attached hydrogen (secondary N) is 2. The van der Waals surface area contributed by atoms with Crippen LogP contribution in [-0.4, -0.2) is 29.7 Å². The molecule has 0 atom stereocenters. The van der Waals surface area contributed by atoms with Crippen LogP contribution < -0.4 is 15.4 Å². The van der Waals surface area contributed by atoms with E-state index in [2.05, 4.69) is 15.6 Å². The van der Waals surface area contributed by atoms with Gasteiger partial charge in [-0.1, -0.05) is 29.3 Å². The topological polar surface area (TPSA) is 80.3 Å². The van der Waals surface area contributed by atoms with Crippen molar-refractivity contribution in [1.82, 2.24) is 4.98 Å². The number of rotatable bonds is 8. The number of aromatic nitrogens is 1. The number of carbonyl (C=O) groups excluding carboxylic acids is 2. The summed E-state index contributed by atoms with van der Waals surface area (Å²) in [4.78, 5) is 30.2. The Morgan fingerprint density at radius 1 is 1.03 bits per heavy atom. The summed E-state index contributed by atoms with van der Waals surface area (Å²) in [6.07, 6.45) is 0. The molecule has 0 saturated carbocycles. The Kier molecular flexibility index (Phi) is 8.30. The lowest BCUT2D eigenvalue weighted by Gasteiger charge is -2.08. The second-order valence-electron chi connectivity index (χ2n) is 7.21. The minimum absolute atomic E-state index is 0.187. The van der Waals surface area contributed by atoms with E-state index >= 15 is 0 Å². The first kappa shape index (κ1) is 25.1. The first-order valence-corrected chi connectivity index (χ1v) is 12.9. The molecule has 0 saturated heterocycles. The summed E-state index contributed by atoms with van der Waals surface area (Å²) in [6, 6.07) is 19.4. The van der Waals surface area contributed by atoms with Crippen molar-refractivity contribution in [1.29, 1.82) is 0 Å². The molecule has 3 aromatic carbocycles. The molecule has 0 radical (unpaired) electrons. The Balaban J connectivity index is 1.32. The van der Waals surface area contributed by atoms with Gasteiger partial charge in [-0.15, -0.1) is 23.1 Å². The van der Waals surface area contributed by atoms with Crippen LogP contribution in [-0.2, 0) is 4.79 Å². The highest BCUT2D eigenvalue weighted by atomic mass is 35.5. The maximum atomic E-state index is 12.5. The zero-order valence-electron chi connectivity index (χ0n) is 18.4. The number of anilines is 2. The number of halogens is 2. The Morgan fingerprint density at radius 3 is 2.57 bits per heavy atom. The van der Waals surface area contributed by atoms with Crippen LogP contribution in [0.5, 0.6) is 5.75 Å². The van der Waals surface area contributed by atoms with Crippen LogP contribution in [0.3, 0.4) is 0 Å². The van der Waals surface area contributed by atoms with Crippen LogP contribution in [0.2, 0.25) is 10.0 Å². The summed E-state index contributed by atoms with van der Waals surface area (Å²) in [5.74, 6) is 0.451. The lowest BCUT2D eigenvalue weighted by atomic mass is 10.2. The molecule has 0 aliphatic rings. The number of benzene rings is 3. The van der Waals surface area contributed by atoms with Gasteiger partial charge in [-0.3, -0.25) is 9.59 Å². The molecular formula is C25H19Cl2N3O3S2. The fraction of sp³-hybridized carbons (Fsp3) is 0.0800. The number of amides is 2. The van der Waals surface area contributed by atoms with Crippen molar-refractivity contribution in [2.75, 3.05) is 23.5 Å². The number of hydrogen-bond donors (Lipinski definition) is 2. The van der Waals surface area contributed by atoms with E-state index < -0.39 is 0 Å². The van der Waals surface area contributed by atoms with Crippen molar-refractivity contribution in [3.05, 3.63) is 87.7 Å². The summed E-state index contributed by atoms with van der Waals surface area (Å²) in [6.45, 7) is 0. The van der Waals surface area contributed by atoms with E-state index in [9.17, 15) is 9.59 Å². The number of thioether (sulfide) groups is 1. The first-order valence-electron chi connectivity index (χ1n) is 10.3. The standard InChI is InChI=1S/C25H19Cl2N3O3S2/c1-33-18-8-5-15(6-9-18)24(32)28-17-3-2-4-19(12-17)34-14-23(31)30-25-29-22(13-35-25)20-10-7-16(26)11-21(20)27/h2-13H,14H2,1H3,(H,28,32)(H,29,30,31). The molecule has 4 rings (SSSR count). The molecule has 1 heterocycles. The van der Waals surface area contributed by atoms with Gasteiger partial charge in [-0.25, -0.2) is 4.98 Å². The quantitative estimate of drug-likeness (QED) is 0.231. The highest BCUT2D eigenvalue weighted by Crippen LogP contribution is 2.32. The smallest absolute Gasteiger partial charge is 0.255 e. The Bertz CT molecular complexity index is 1360. The van der Waals surface area contributed by atoms with E-state index in [0.717, 1.165) is 10.5 Å². The molecule has 10 heteroatoms. The minimum Gasteiger partial charge on any atom is -0.497 e. The third-order valence-electron chi connectivity index (χ3n) is 4.77. The van der Waals surface area contributed by atoms with Gasteiger partial charge >= 0.3 is 0 Å². The number of carbonyl (C=O) groups is 2. The van der Waals surface area contributed by atoms with Gasteiger partial charge in [0.15, 0.2) is 5.13 Å². The SMILES string of the molecule is COc1ccc(C(=O)Nc2cccc(SCC(=O)Nc3nc(-c4ccc(Cl)cc4Cl)cs3)c2)cc1. The molecule has 35 heavy (non-hydrogen) atoms. The fourth-order valence-electron chi connectivity index (χ4n) is 3.07. The molecule has 0 aliphatic carbocycles. The molecule has 2 N–H and O–H groups in total. The summed E-state index contributed by atoms with van der Waals surface area (Å²) in [5.41, 5.74) is 2.57. The van der Waals surface area contributed by atoms with Gasteiger partial charge in [0.2, 0.25) is 5.91 Å². The molecule has 0 aliphatic heterocycles. The molecule has 0 bridgehead atoms. The van der Waals surface area contributed by atoms with Crippen molar-refractivity contribution in [3.8, 4) is 17.0 Å². The van der Waals surface area contributed by atoms with Gasteiger partial charge in [-0.05, 0) is 60.7 Å². The summed E-state index contributed by atoms with van der Waals surface area (Å²) >= 11 is 14.9. The monoisotopic (exact) mass is 543 g/mol. The van der Waals surface area contributed by atoms with Crippen molar-refractivity contribution < 1.29 is 14.3 Å². The van der Waals surface area contributed by atoms with Crippen molar-refractivity contribution >= 4 is 68.9 Å². The molecule has 0 unspecified atom stereocenters.